The van der Waals surface area contributed by atoms with Crippen molar-refractivity contribution in [3.8, 4) is 0 Å². The van der Waals surface area contributed by atoms with E-state index < -0.39 is 0 Å². The average Bonchev–Trinajstić information content (AvgIpc) is 2.63. The summed E-state index contributed by atoms with van der Waals surface area (Å²) in [6.07, 6.45) is 1.73. The molecular formula is C22H23N3O2. The number of hydrogen-bond donors (Lipinski definition) is 1. The molecule has 3 rings (SSSR count). The van der Waals surface area contributed by atoms with Crippen molar-refractivity contribution in [3.05, 3.63) is 92.7 Å². The van der Waals surface area contributed by atoms with E-state index in [-0.39, 0.29) is 16.9 Å². The van der Waals surface area contributed by atoms with Crippen LogP contribution < -0.4 is 10.7 Å². The molecule has 0 spiro atoms. The SMILES string of the molecule is Cc1cccc(NC(=O)c2c(C)n(Cc3ccccn3)c(C)cc2=O)c1C. The molecule has 27 heavy (non-hydrogen) atoms. The molecular weight excluding hydrogens is 338 g/mol. The van der Waals surface area contributed by atoms with Crippen LogP contribution in [-0.2, 0) is 6.54 Å². The highest BCUT2D eigenvalue weighted by atomic mass is 16.2. The lowest BCUT2D eigenvalue weighted by molar-refractivity contribution is 0.102. The van der Waals surface area contributed by atoms with E-state index in [4.69, 9.17) is 0 Å². The monoisotopic (exact) mass is 361 g/mol. The molecule has 138 valence electrons. The lowest BCUT2D eigenvalue weighted by Crippen LogP contribution is -2.27. The van der Waals surface area contributed by atoms with Gasteiger partial charge in [0.2, 0.25) is 0 Å². The number of aryl methyl sites for hydroxylation is 2. The fourth-order valence-corrected chi connectivity index (χ4v) is 3.16. The molecule has 0 aliphatic heterocycles. The number of nitrogens with zero attached hydrogens (tertiary/aromatic N) is 2. The standard InChI is InChI=1S/C22H23N3O2/c1-14-8-7-10-19(16(14)3)24-22(27)21-17(4)25(15(2)12-20(21)26)13-18-9-5-6-11-23-18/h5-12H,13H2,1-4H3,(H,24,27). The van der Waals surface area contributed by atoms with Gasteiger partial charge in [-0.15, -0.1) is 0 Å². The first-order chi connectivity index (χ1) is 12.9. The number of nitrogens with one attached hydrogen (secondary N) is 1. The molecule has 0 fully saturated rings. The Kier molecular flexibility index (Phi) is 5.21. The zero-order chi connectivity index (χ0) is 19.6. The summed E-state index contributed by atoms with van der Waals surface area (Å²) < 4.78 is 1.95. The normalized spacial score (nSPS) is 10.7. The van der Waals surface area contributed by atoms with Gasteiger partial charge >= 0.3 is 0 Å². The van der Waals surface area contributed by atoms with Crippen LogP contribution >= 0.6 is 0 Å². The Hall–Kier alpha value is -3.21. The van der Waals surface area contributed by atoms with Gasteiger partial charge in [0.05, 0.1) is 12.2 Å². The van der Waals surface area contributed by atoms with Crippen molar-refractivity contribution in [2.24, 2.45) is 0 Å². The van der Waals surface area contributed by atoms with E-state index in [2.05, 4.69) is 10.3 Å². The smallest absolute Gasteiger partial charge is 0.261 e. The van der Waals surface area contributed by atoms with Gasteiger partial charge in [-0.05, 0) is 57.0 Å². The summed E-state index contributed by atoms with van der Waals surface area (Å²) in [5.41, 5.74) is 4.98. The summed E-state index contributed by atoms with van der Waals surface area (Å²) in [4.78, 5) is 29.8. The fourth-order valence-electron chi connectivity index (χ4n) is 3.16. The minimum Gasteiger partial charge on any atom is -0.342 e. The molecule has 2 heterocycles. The van der Waals surface area contributed by atoms with Gasteiger partial charge in [0.1, 0.15) is 5.56 Å². The summed E-state index contributed by atoms with van der Waals surface area (Å²) in [7, 11) is 0. The molecule has 0 saturated carbocycles. The number of pyridine rings is 2. The molecule has 5 nitrogen and oxygen atoms in total. The number of hydrogen-bond acceptors (Lipinski definition) is 3. The van der Waals surface area contributed by atoms with Crippen LogP contribution in [-0.4, -0.2) is 15.5 Å². The minimum atomic E-state index is -0.388. The molecule has 0 atom stereocenters. The zero-order valence-electron chi connectivity index (χ0n) is 16.0. The van der Waals surface area contributed by atoms with Gasteiger partial charge in [0.15, 0.2) is 5.43 Å². The van der Waals surface area contributed by atoms with Crippen molar-refractivity contribution in [1.29, 1.82) is 0 Å². The minimum absolute atomic E-state index is 0.164. The Morgan fingerprint density at radius 3 is 2.56 bits per heavy atom. The van der Waals surface area contributed by atoms with E-state index in [1.54, 1.807) is 13.1 Å². The number of anilines is 1. The summed E-state index contributed by atoms with van der Waals surface area (Å²) in [6.45, 7) is 8.11. The van der Waals surface area contributed by atoms with Gasteiger partial charge in [0, 0.05) is 29.3 Å². The van der Waals surface area contributed by atoms with E-state index >= 15 is 0 Å². The number of benzene rings is 1. The van der Waals surface area contributed by atoms with Crippen LogP contribution in [0, 0.1) is 27.7 Å². The maximum absolute atomic E-state index is 12.9. The molecule has 1 aromatic carbocycles. The maximum Gasteiger partial charge on any atom is 0.261 e. The number of amides is 1. The number of carbonyl (C=O) groups excluding carboxylic acids is 1. The van der Waals surface area contributed by atoms with Gasteiger partial charge < -0.3 is 9.88 Å². The number of aromatic nitrogens is 2. The highest BCUT2D eigenvalue weighted by molar-refractivity contribution is 6.05. The quantitative estimate of drug-likeness (QED) is 0.769. The predicted molar refractivity (Wildman–Crippen MR) is 107 cm³/mol. The Bertz CT molecular complexity index is 1050. The molecule has 2 aromatic heterocycles. The molecule has 5 heteroatoms. The van der Waals surface area contributed by atoms with Gasteiger partial charge in [-0.2, -0.15) is 0 Å². The van der Waals surface area contributed by atoms with Gasteiger partial charge in [-0.3, -0.25) is 14.6 Å². The summed E-state index contributed by atoms with van der Waals surface area (Å²) in [5, 5.41) is 2.89. The molecule has 0 unspecified atom stereocenters. The van der Waals surface area contributed by atoms with Crippen LogP contribution in [0.3, 0.4) is 0 Å². The van der Waals surface area contributed by atoms with Crippen LogP contribution in [0.15, 0.2) is 53.5 Å². The van der Waals surface area contributed by atoms with Crippen LogP contribution in [0.25, 0.3) is 0 Å². The van der Waals surface area contributed by atoms with Crippen molar-refractivity contribution in [1.82, 2.24) is 9.55 Å². The van der Waals surface area contributed by atoms with Crippen LogP contribution in [0.2, 0.25) is 0 Å². The first kappa shape index (κ1) is 18.6. The molecule has 0 aliphatic rings. The average molecular weight is 361 g/mol. The topological polar surface area (TPSA) is 64.0 Å². The molecule has 0 aliphatic carbocycles. The molecule has 0 radical (unpaired) electrons. The lowest BCUT2D eigenvalue weighted by Gasteiger charge is -2.18. The summed E-state index contributed by atoms with van der Waals surface area (Å²) in [6, 6.07) is 12.9. The second-order valence-electron chi connectivity index (χ2n) is 6.72. The second-order valence-corrected chi connectivity index (χ2v) is 6.72. The van der Waals surface area contributed by atoms with Gasteiger partial charge in [-0.1, -0.05) is 18.2 Å². The first-order valence-electron chi connectivity index (χ1n) is 8.87. The summed E-state index contributed by atoms with van der Waals surface area (Å²) in [5.74, 6) is -0.388. The Morgan fingerprint density at radius 2 is 1.85 bits per heavy atom. The first-order valence-corrected chi connectivity index (χ1v) is 8.87. The summed E-state index contributed by atoms with van der Waals surface area (Å²) >= 11 is 0. The molecule has 1 amide bonds. The third kappa shape index (κ3) is 3.82. The third-order valence-electron chi connectivity index (χ3n) is 4.90. The van der Waals surface area contributed by atoms with Crippen molar-refractivity contribution in [3.63, 3.8) is 0 Å². The molecule has 3 aromatic rings. The molecule has 0 saturated heterocycles. The van der Waals surface area contributed by atoms with Crippen molar-refractivity contribution >= 4 is 11.6 Å². The number of rotatable bonds is 4. The van der Waals surface area contributed by atoms with Crippen molar-refractivity contribution in [2.45, 2.75) is 34.2 Å². The van der Waals surface area contributed by atoms with Crippen molar-refractivity contribution < 1.29 is 4.79 Å². The van der Waals surface area contributed by atoms with Crippen LogP contribution in [0.5, 0.6) is 0 Å². The van der Waals surface area contributed by atoms with E-state index in [1.807, 2.05) is 61.7 Å². The van der Waals surface area contributed by atoms with Crippen LogP contribution in [0.1, 0.15) is 38.6 Å². The fraction of sp³-hybridized carbons (Fsp3) is 0.227. The Morgan fingerprint density at radius 1 is 1.07 bits per heavy atom. The van der Waals surface area contributed by atoms with Crippen molar-refractivity contribution in [2.75, 3.05) is 5.32 Å². The maximum atomic E-state index is 12.9. The largest absolute Gasteiger partial charge is 0.342 e. The highest BCUT2D eigenvalue weighted by Gasteiger charge is 2.18. The Labute approximate surface area is 158 Å². The molecule has 0 bridgehead atoms. The Balaban J connectivity index is 2.00. The van der Waals surface area contributed by atoms with E-state index in [1.165, 1.54) is 6.07 Å². The van der Waals surface area contributed by atoms with E-state index in [0.29, 0.717) is 12.2 Å². The molecule has 1 N–H and O–H groups in total. The van der Waals surface area contributed by atoms with Gasteiger partial charge in [0.25, 0.3) is 5.91 Å². The number of carbonyl (C=O) groups is 1. The lowest BCUT2D eigenvalue weighted by atomic mass is 10.1. The van der Waals surface area contributed by atoms with E-state index in [9.17, 15) is 9.59 Å². The zero-order valence-corrected chi connectivity index (χ0v) is 16.0. The van der Waals surface area contributed by atoms with E-state index in [0.717, 1.165) is 28.2 Å². The second kappa shape index (κ2) is 7.58. The predicted octanol–water partition coefficient (Wildman–Crippen LogP) is 3.78. The third-order valence-corrected chi connectivity index (χ3v) is 4.90. The van der Waals surface area contributed by atoms with Crippen LogP contribution in [0.4, 0.5) is 5.69 Å². The van der Waals surface area contributed by atoms with Gasteiger partial charge in [-0.25, -0.2) is 0 Å². The highest BCUT2D eigenvalue weighted by Crippen LogP contribution is 2.19.